The van der Waals surface area contributed by atoms with Crippen LogP contribution in [-0.4, -0.2) is 63.1 Å². The van der Waals surface area contributed by atoms with Crippen LogP contribution < -0.4 is 20.7 Å². The van der Waals surface area contributed by atoms with Gasteiger partial charge < -0.3 is 25.6 Å². The zero-order valence-corrected chi connectivity index (χ0v) is 19.2. The van der Waals surface area contributed by atoms with Crippen LogP contribution in [0.2, 0.25) is 0 Å². The lowest BCUT2D eigenvalue weighted by Crippen LogP contribution is -2.51. The molecular formula is C21H27FIN5O2. The van der Waals surface area contributed by atoms with E-state index in [2.05, 4.69) is 15.2 Å². The van der Waals surface area contributed by atoms with Gasteiger partial charge in [0, 0.05) is 44.0 Å². The third-order valence-electron chi connectivity index (χ3n) is 4.80. The van der Waals surface area contributed by atoms with Crippen LogP contribution >= 0.6 is 24.0 Å². The zero-order valence-electron chi connectivity index (χ0n) is 16.9. The number of halogens is 2. The number of benzene rings is 2. The molecule has 7 nitrogen and oxygen atoms in total. The number of amides is 1. The molecule has 1 fully saturated rings. The van der Waals surface area contributed by atoms with Gasteiger partial charge in [0.2, 0.25) is 0 Å². The van der Waals surface area contributed by atoms with Gasteiger partial charge in [-0.2, -0.15) is 0 Å². The summed E-state index contributed by atoms with van der Waals surface area (Å²) in [6.07, 6.45) is 0. The quantitative estimate of drug-likeness (QED) is 0.261. The lowest BCUT2D eigenvalue weighted by molar-refractivity contribution is 0.0954. The highest BCUT2D eigenvalue weighted by Gasteiger charge is 2.18. The molecule has 0 saturated carbocycles. The molecule has 0 bridgehead atoms. The second kappa shape index (κ2) is 11.6. The summed E-state index contributed by atoms with van der Waals surface area (Å²) in [5.41, 5.74) is 7.64. The van der Waals surface area contributed by atoms with Gasteiger partial charge in [-0.3, -0.25) is 9.79 Å². The van der Waals surface area contributed by atoms with E-state index in [1.54, 1.807) is 43.5 Å². The van der Waals surface area contributed by atoms with Gasteiger partial charge in [-0.05, 0) is 42.5 Å². The fourth-order valence-corrected chi connectivity index (χ4v) is 3.15. The molecule has 1 aliphatic heterocycles. The van der Waals surface area contributed by atoms with E-state index in [1.165, 1.54) is 12.1 Å². The van der Waals surface area contributed by atoms with E-state index in [0.717, 1.165) is 31.9 Å². The third-order valence-corrected chi connectivity index (χ3v) is 4.80. The van der Waals surface area contributed by atoms with Crippen molar-refractivity contribution in [1.29, 1.82) is 0 Å². The first-order chi connectivity index (χ1) is 14.1. The number of nitrogens with one attached hydrogen (secondary N) is 1. The number of anilines is 1. The van der Waals surface area contributed by atoms with Crippen molar-refractivity contribution in [3.05, 3.63) is 59.9 Å². The van der Waals surface area contributed by atoms with Gasteiger partial charge in [0.05, 0.1) is 13.7 Å². The Labute approximate surface area is 193 Å². The summed E-state index contributed by atoms with van der Waals surface area (Å²) in [5.74, 6) is 0.701. The van der Waals surface area contributed by atoms with Gasteiger partial charge in [-0.1, -0.05) is 6.07 Å². The van der Waals surface area contributed by atoms with Crippen LogP contribution in [-0.2, 0) is 0 Å². The Bertz CT molecular complexity index is 855. The van der Waals surface area contributed by atoms with Gasteiger partial charge in [-0.25, -0.2) is 4.39 Å². The molecule has 1 aliphatic rings. The van der Waals surface area contributed by atoms with Crippen molar-refractivity contribution >= 4 is 41.5 Å². The number of hydrogen-bond donors (Lipinski definition) is 2. The summed E-state index contributed by atoms with van der Waals surface area (Å²) >= 11 is 0. The first-order valence-corrected chi connectivity index (χ1v) is 9.54. The molecule has 1 heterocycles. The van der Waals surface area contributed by atoms with Crippen molar-refractivity contribution < 1.29 is 13.9 Å². The number of carbonyl (C=O) groups excluding carboxylic acids is 1. The number of guanidine groups is 1. The Morgan fingerprint density at radius 2 is 1.87 bits per heavy atom. The normalized spacial score (nSPS) is 14.1. The number of piperazine rings is 1. The van der Waals surface area contributed by atoms with Crippen molar-refractivity contribution in [3.63, 3.8) is 0 Å². The third kappa shape index (κ3) is 6.48. The minimum atomic E-state index is -0.234. The molecule has 1 saturated heterocycles. The number of ether oxygens (including phenoxy) is 1. The summed E-state index contributed by atoms with van der Waals surface area (Å²) in [5, 5.41) is 2.83. The maximum Gasteiger partial charge on any atom is 0.251 e. The van der Waals surface area contributed by atoms with Gasteiger partial charge in [0.15, 0.2) is 5.96 Å². The second-order valence-electron chi connectivity index (χ2n) is 6.68. The molecule has 0 aromatic heterocycles. The molecule has 3 N–H and O–H groups in total. The monoisotopic (exact) mass is 527 g/mol. The van der Waals surface area contributed by atoms with Crippen LogP contribution in [0.25, 0.3) is 0 Å². The molecule has 3 rings (SSSR count). The molecule has 2 aromatic carbocycles. The fraction of sp³-hybridized carbons (Fsp3) is 0.333. The van der Waals surface area contributed by atoms with Crippen LogP contribution in [0.1, 0.15) is 10.4 Å². The lowest BCUT2D eigenvalue weighted by atomic mass is 10.2. The summed E-state index contributed by atoms with van der Waals surface area (Å²) in [6.45, 7) is 3.85. The van der Waals surface area contributed by atoms with Crippen LogP contribution in [0, 0.1) is 5.82 Å². The van der Waals surface area contributed by atoms with E-state index in [0.29, 0.717) is 30.4 Å². The Kier molecular flexibility index (Phi) is 9.15. The van der Waals surface area contributed by atoms with Gasteiger partial charge in [0.1, 0.15) is 11.6 Å². The van der Waals surface area contributed by atoms with Crippen molar-refractivity contribution in [3.8, 4) is 5.75 Å². The maximum absolute atomic E-state index is 13.1. The summed E-state index contributed by atoms with van der Waals surface area (Å²) in [4.78, 5) is 20.7. The molecule has 2 aromatic rings. The largest absolute Gasteiger partial charge is 0.497 e. The van der Waals surface area contributed by atoms with Crippen molar-refractivity contribution in [2.24, 2.45) is 10.7 Å². The number of aliphatic imine (C=N–C) groups is 1. The van der Waals surface area contributed by atoms with Crippen LogP contribution in [0.5, 0.6) is 5.75 Å². The minimum Gasteiger partial charge on any atom is -0.497 e. The topological polar surface area (TPSA) is 83.2 Å². The Hall–Kier alpha value is -2.56. The number of rotatable bonds is 6. The lowest BCUT2D eigenvalue weighted by Gasteiger charge is -2.36. The molecule has 30 heavy (non-hydrogen) atoms. The maximum atomic E-state index is 13.1. The number of nitrogens with zero attached hydrogens (tertiary/aromatic N) is 3. The second-order valence-corrected chi connectivity index (χ2v) is 6.68. The highest BCUT2D eigenvalue weighted by atomic mass is 127. The molecule has 0 unspecified atom stereocenters. The van der Waals surface area contributed by atoms with Crippen LogP contribution in [0.4, 0.5) is 10.1 Å². The SMILES string of the molecule is COc1cccc(C(=O)NCCN=C(N)N2CCN(c3ccc(F)cc3)CC2)c1.I. The van der Waals surface area contributed by atoms with Gasteiger partial charge in [-0.15, -0.1) is 24.0 Å². The van der Waals surface area contributed by atoms with Gasteiger partial charge in [0.25, 0.3) is 5.91 Å². The number of nitrogens with two attached hydrogens (primary N) is 1. The number of hydrogen-bond acceptors (Lipinski definition) is 4. The van der Waals surface area contributed by atoms with Crippen LogP contribution in [0.15, 0.2) is 53.5 Å². The minimum absolute atomic E-state index is 0. The fourth-order valence-electron chi connectivity index (χ4n) is 3.15. The average Bonchev–Trinajstić information content (AvgIpc) is 2.77. The Balaban J connectivity index is 0.00000320. The first-order valence-electron chi connectivity index (χ1n) is 9.54. The first kappa shape index (κ1) is 23.7. The Morgan fingerprint density at radius 1 is 1.17 bits per heavy atom. The van der Waals surface area contributed by atoms with Gasteiger partial charge >= 0.3 is 0 Å². The van der Waals surface area contributed by atoms with Crippen molar-refractivity contribution in [2.75, 3.05) is 51.3 Å². The number of methoxy groups -OCH3 is 1. The van der Waals surface area contributed by atoms with E-state index in [4.69, 9.17) is 10.5 Å². The molecule has 0 atom stereocenters. The van der Waals surface area contributed by atoms with E-state index in [1.807, 2.05) is 4.90 Å². The molecule has 0 aliphatic carbocycles. The highest BCUT2D eigenvalue weighted by Crippen LogP contribution is 2.16. The molecular weight excluding hydrogens is 500 g/mol. The molecule has 9 heteroatoms. The standard InChI is InChI=1S/C21H26FN5O2.HI/c1-29-19-4-2-3-16(15-19)20(28)24-9-10-25-21(23)27-13-11-26(12-14-27)18-7-5-17(22)6-8-18;/h2-8,15H,9-14H2,1H3,(H2,23,25)(H,24,28);1H. The highest BCUT2D eigenvalue weighted by molar-refractivity contribution is 14.0. The summed E-state index contributed by atoms with van der Waals surface area (Å²) < 4.78 is 18.2. The summed E-state index contributed by atoms with van der Waals surface area (Å²) in [6, 6.07) is 13.5. The molecule has 0 spiro atoms. The smallest absolute Gasteiger partial charge is 0.251 e. The molecule has 0 radical (unpaired) electrons. The van der Waals surface area contributed by atoms with E-state index >= 15 is 0 Å². The summed E-state index contributed by atoms with van der Waals surface area (Å²) in [7, 11) is 1.56. The van der Waals surface area contributed by atoms with Crippen molar-refractivity contribution in [2.45, 2.75) is 0 Å². The van der Waals surface area contributed by atoms with Crippen molar-refractivity contribution in [1.82, 2.24) is 10.2 Å². The number of carbonyl (C=O) groups is 1. The Morgan fingerprint density at radius 3 is 2.53 bits per heavy atom. The molecule has 1 amide bonds. The van der Waals surface area contributed by atoms with Crippen LogP contribution in [0.3, 0.4) is 0 Å². The molecule has 162 valence electrons. The predicted molar refractivity (Wildman–Crippen MR) is 127 cm³/mol. The van der Waals surface area contributed by atoms with E-state index < -0.39 is 0 Å². The average molecular weight is 527 g/mol. The van der Waals surface area contributed by atoms with E-state index in [-0.39, 0.29) is 35.7 Å². The predicted octanol–water partition coefficient (Wildman–Crippen LogP) is 2.32. The zero-order chi connectivity index (χ0) is 20.6. The van der Waals surface area contributed by atoms with E-state index in [9.17, 15) is 9.18 Å².